The van der Waals surface area contributed by atoms with Crippen molar-refractivity contribution < 1.29 is 0 Å². The predicted octanol–water partition coefficient (Wildman–Crippen LogP) is 5.65. The van der Waals surface area contributed by atoms with E-state index in [2.05, 4.69) is 55.6 Å². The van der Waals surface area contributed by atoms with Crippen molar-refractivity contribution in [3.05, 3.63) is 64.9 Å². The maximum Gasteiger partial charge on any atom is 0.159 e. The molecule has 0 bridgehead atoms. The Morgan fingerprint density at radius 1 is 0.885 bits per heavy atom. The monoisotopic (exact) mass is 411 g/mol. The number of rotatable bonds is 7. The Morgan fingerprint density at radius 3 is 1.96 bits per heavy atom. The van der Waals surface area contributed by atoms with Crippen molar-refractivity contribution in [1.82, 2.24) is 9.97 Å². The summed E-state index contributed by atoms with van der Waals surface area (Å²) in [5, 5.41) is 6.49. The summed E-state index contributed by atoms with van der Waals surface area (Å²) in [5.41, 5.74) is 9.92. The SMILES string of the molecule is CCCCc1ccc(Nc2ncnc(Nc3ccc(Br)cc3)c2N)cc1. The number of aromatic nitrogens is 2. The summed E-state index contributed by atoms with van der Waals surface area (Å²) in [4.78, 5) is 8.51. The number of aryl methyl sites for hydroxylation is 1. The van der Waals surface area contributed by atoms with Gasteiger partial charge in [0, 0.05) is 15.8 Å². The lowest BCUT2D eigenvalue weighted by atomic mass is 10.1. The third kappa shape index (κ3) is 4.73. The molecular formula is C20H22BrN5. The van der Waals surface area contributed by atoms with Gasteiger partial charge in [0.25, 0.3) is 0 Å². The van der Waals surface area contributed by atoms with Crippen LogP contribution in [0.1, 0.15) is 25.3 Å². The van der Waals surface area contributed by atoms with Crippen molar-refractivity contribution >= 4 is 44.6 Å². The number of hydrogen-bond acceptors (Lipinski definition) is 5. The first kappa shape index (κ1) is 18.2. The highest BCUT2D eigenvalue weighted by molar-refractivity contribution is 9.10. The Bertz CT molecular complexity index is 847. The first-order valence-electron chi connectivity index (χ1n) is 8.64. The van der Waals surface area contributed by atoms with E-state index in [0.29, 0.717) is 17.3 Å². The molecule has 0 aliphatic heterocycles. The minimum atomic E-state index is 0.477. The van der Waals surface area contributed by atoms with Gasteiger partial charge in [0.15, 0.2) is 11.6 Å². The molecule has 0 saturated heterocycles. The number of anilines is 5. The molecule has 3 aromatic rings. The third-order valence-corrected chi connectivity index (χ3v) is 4.56. The summed E-state index contributed by atoms with van der Waals surface area (Å²) >= 11 is 3.42. The summed E-state index contributed by atoms with van der Waals surface area (Å²) in [7, 11) is 0. The zero-order chi connectivity index (χ0) is 18.4. The van der Waals surface area contributed by atoms with Gasteiger partial charge in [-0.15, -0.1) is 0 Å². The molecule has 0 amide bonds. The minimum absolute atomic E-state index is 0.477. The van der Waals surface area contributed by atoms with Gasteiger partial charge in [0.2, 0.25) is 0 Å². The molecule has 0 spiro atoms. The molecule has 134 valence electrons. The average molecular weight is 412 g/mol. The highest BCUT2D eigenvalue weighted by Gasteiger charge is 2.09. The van der Waals surface area contributed by atoms with Gasteiger partial charge in [0.05, 0.1) is 0 Å². The second-order valence-electron chi connectivity index (χ2n) is 6.04. The van der Waals surface area contributed by atoms with Gasteiger partial charge in [-0.3, -0.25) is 0 Å². The van der Waals surface area contributed by atoms with Crippen LogP contribution in [-0.2, 0) is 6.42 Å². The van der Waals surface area contributed by atoms with Gasteiger partial charge in [-0.2, -0.15) is 0 Å². The lowest BCUT2D eigenvalue weighted by molar-refractivity contribution is 0.795. The van der Waals surface area contributed by atoms with Crippen molar-refractivity contribution in [2.24, 2.45) is 0 Å². The van der Waals surface area contributed by atoms with Crippen LogP contribution in [-0.4, -0.2) is 9.97 Å². The molecule has 1 aromatic heterocycles. The molecule has 0 atom stereocenters. The molecule has 6 heteroatoms. The summed E-state index contributed by atoms with van der Waals surface area (Å²) in [6.07, 6.45) is 5.01. The molecule has 5 nitrogen and oxygen atoms in total. The number of nitrogens with two attached hydrogens (primary N) is 1. The topological polar surface area (TPSA) is 75.9 Å². The molecule has 26 heavy (non-hydrogen) atoms. The first-order valence-corrected chi connectivity index (χ1v) is 9.44. The highest BCUT2D eigenvalue weighted by Crippen LogP contribution is 2.28. The molecule has 0 radical (unpaired) electrons. The van der Waals surface area contributed by atoms with E-state index in [9.17, 15) is 0 Å². The molecule has 0 aliphatic rings. The Balaban J connectivity index is 1.73. The van der Waals surface area contributed by atoms with Gasteiger partial charge in [-0.05, 0) is 54.8 Å². The minimum Gasteiger partial charge on any atom is -0.393 e. The molecule has 3 rings (SSSR count). The standard InChI is InChI=1S/C20H22BrN5/c1-2-3-4-14-5-9-16(10-6-14)25-19-18(22)20(24-13-23-19)26-17-11-7-15(21)8-12-17/h5-13H,2-4,22H2,1H3,(H2,23,24,25,26). The Labute approximate surface area is 162 Å². The zero-order valence-electron chi connectivity index (χ0n) is 14.7. The fraction of sp³-hybridized carbons (Fsp3) is 0.200. The summed E-state index contributed by atoms with van der Waals surface area (Å²) < 4.78 is 1.02. The molecule has 4 N–H and O–H groups in total. The van der Waals surface area contributed by atoms with Gasteiger partial charge in [-0.1, -0.05) is 41.4 Å². The van der Waals surface area contributed by atoms with E-state index in [-0.39, 0.29) is 0 Å². The van der Waals surface area contributed by atoms with E-state index in [1.807, 2.05) is 36.4 Å². The summed E-state index contributed by atoms with van der Waals surface area (Å²) in [5.74, 6) is 1.16. The third-order valence-electron chi connectivity index (χ3n) is 4.03. The molecule has 0 unspecified atom stereocenters. The van der Waals surface area contributed by atoms with E-state index in [4.69, 9.17) is 5.73 Å². The fourth-order valence-corrected chi connectivity index (χ4v) is 2.80. The van der Waals surface area contributed by atoms with Crippen LogP contribution in [0.4, 0.5) is 28.7 Å². The molecule has 0 saturated carbocycles. The number of halogens is 1. The number of nitrogens with one attached hydrogen (secondary N) is 2. The van der Waals surface area contributed by atoms with Crippen LogP contribution in [0.5, 0.6) is 0 Å². The van der Waals surface area contributed by atoms with Gasteiger partial charge in [0.1, 0.15) is 12.0 Å². The van der Waals surface area contributed by atoms with Crippen LogP contribution >= 0.6 is 15.9 Å². The van der Waals surface area contributed by atoms with Gasteiger partial charge in [-0.25, -0.2) is 9.97 Å². The Hall–Kier alpha value is -2.60. The fourth-order valence-electron chi connectivity index (χ4n) is 2.54. The van der Waals surface area contributed by atoms with Crippen molar-refractivity contribution in [2.45, 2.75) is 26.2 Å². The van der Waals surface area contributed by atoms with E-state index in [0.717, 1.165) is 22.3 Å². The number of unbranched alkanes of at least 4 members (excludes halogenated alkanes) is 1. The molecule has 0 fully saturated rings. The first-order chi connectivity index (χ1) is 12.7. The molecule has 0 aliphatic carbocycles. The number of hydrogen-bond donors (Lipinski definition) is 3. The van der Waals surface area contributed by atoms with E-state index in [1.54, 1.807) is 0 Å². The average Bonchev–Trinajstić information content (AvgIpc) is 2.66. The van der Waals surface area contributed by atoms with Crippen molar-refractivity contribution in [3.63, 3.8) is 0 Å². The Morgan fingerprint density at radius 2 is 1.42 bits per heavy atom. The smallest absolute Gasteiger partial charge is 0.159 e. The number of nitrogens with zero attached hydrogens (tertiary/aromatic N) is 2. The van der Waals surface area contributed by atoms with Crippen molar-refractivity contribution in [1.29, 1.82) is 0 Å². The maximum atomic E-state index is 6.25. The zero-order valence-corrected chi connectivity index (χ0v) is 16.3. The molecular weight excluding hydrogens is 390 g/mol. The lowest BCUT2D eigenvalue weighted by Crippen LogP contribution is -2.05. The van der Waals surface area contributed by atoms with Crippen LogP contribution in [0, 0.1) is 0 Å². The normalized spacial score (nSPS) is 10.5. The van der Waals surface area contributed by atoms with Crippen LogP contribution in [0.15, 0.2) is 59.3 Å². The quantitative estimate of drug-likeness (QED) is 0.468. The maximum absolute atomic E-state index is 6.25. The number of nitrogen functional groups attached to an aromatic ring is 1. The van der Waals surface area contributed by atoms with Gasteiger partial charge >= 0.3 is 0 Å². The van der Waals surface area contributed by atoms with E-state index < -0.39 is 0 Å². The summed E-state index contributed by atoms with van der Waals surface area (Å²) in [6, 6.07) is 16.2. The van der Waals surface area contributed by atoms with Gasteiger partial charge < -0.3 is 16.4 Å². The van der Waals surface area contributed by atoms with Crippen LogP contribution in [0.25, 0.3) is 0 Å². The predicted molar refractivity (Wildman–Crippen MR) is 112 cm³/mol. The summed E-state index contributed by atoms with van der Waals surface area (Å²) in [6.45, 7) is 2.20. The van der Waals surface area contributed by atoms with Crippen LogP contribution < -0.4 is 16.4 Å². The van der Waals surface area contributed by atoms with Crippen LogP contribution in [0.2, 0.25) is 0 Å². The lowest BCUT2D eigenvalue weighted by Gasteiger charge is -2.13. The second kappa shape index (κ2) is 8.67. The largest absolute Gasteiger partial charge is 0.393 e. The molecule has 2 aromatic carbocycles. The number of benzene rings is 2. The van der Waals surface area contributed by atoms with E-state index in [1.165, 1.54) is 24.7 Å². The van der Waals surface area contributed by atoms with Crippen molar-refractivity contribution in [3.8, 4) is 0 Å². The highest BCUT2D eigenvalue weighted by atomic mass is 79.9. The van der Waals surface area contributed by atoms with E-state index >= 15 is 0 Å². The second-order valence-corrected chi connectivity index (χ2v) is 6.96. The van der Waals surface area contributed by atoms with Crippen molar-refractivity contribution in [2.75, 3.05) is 16.4 Å². The van der Waals surface area contributed by atoms with Crippen LogP contribution in [0.3, 0.4) is 0 Å². The Kier molecular flexibility index (Phi) is 6.07. The molecule has 1 heterocycles.